The van der Waals surface area contributed by atoms with Crippen LogP contribution in [0.15, 0.2) is 26.8 Å². The van der Waals surface area contributed by atoms with E-state index < -0.39 is 34.3 Å². The summed E-state index contributed by atoms with van der Waals surface area (Å²) in [6, 6.07) is 0. The number of amides is 1. The summed E-state index contributed by atoms with van der Waals surface area (Å²) in [4.78, 5) is 53.9. The number of aromatic hydroxyl groups is 1. The number of nitrogens with one attached hydrogen (secondary N) is 4. The van der Waals surface area contributed by atoms with Gasteiger partial charge in [-0.25, -0.2) is 9.59 Å². The summed E-state index contributed by atoms with van der Waals surface area (Å²) in [7, 11) is 0. The summed E-state index contributed by atoms with van der Waals surface area (Å²) in [5.74, 6) is -1.83. The second-order valence-corrected chi connectivity index (χ2v) is 3.39. The minimum atomic E-state index is -1.05. The van der Waals surface area contributed by atoms with Crippen molar-refractivity contribution in [2.75, 3.05) is 5.32 Å². The van der Waals surface area contributed by atoms with Gasteiger partial charge in [0.2, 0.25) is 5.88 Å². The predicted octanol–water partition coefficient (Wildman–Crippen LogP) is -1.90. The number of hydrogen-bond acceptors (Lipinski definition) is 6. The number of aromatic nitrogens is 4. The largest absolute Gasteiger partial charge is 0.494 e. The molecule has 2 heterocycles. The zero-order valence-electron chi connectivity index (χ0n) is 9.18. The molecule has 0 aliphatic rings. The Labute approximate surface area is 103 Å². The van der Waals surface area contributed by atoms with Gasteiger partial charge in [-0.05, 0) is 0 Å². The van der Waals surface area contributed by atoms with E-state index in [2.05, 4.69) is 15.3 Å². The number of H-pyrrole nitrogens is 3. The maximum absolute atomic E-state index is 11.7. The molecule has 0 spiro atoms. The summed E-state index contributed by atoms with van der Waals surface area (Å²) in [5, 5.41) is 11.6. The van der Waals surface area contributed by atoms with E-state index in [1.165, 1.54) is 0 Å². The Morgan fingerprint density at radius 1 is 1.26 bits per heavy atom. The number of aromatic amines is 3. The van der Waals surface area contributed by atoms with E-state index in [4.69, 9.17) is 0 Å². The van der Waals surface area contributed by atoms with Gasteiger partial charge in [0.1, 0.15) is 0 Å². The molecular formula is C9H7N5O5. The molecule has 0 atom stereocenters. The van der Waals surface area contributed by atoms with E-state index in [0.29, 0.717) is 0 Å². The van der Waals surface area contributed by atoms with Gasteiger partial charge in [0.15, 0.2) is 5.56 Å². The maximum Gasteiger partial charge on any atom is 0.345 e. The van der Waals surface area contributed by atoms with Crippen LogP contribution in [0.4, 0.5) is 5.69 Å². The average molecular weight is 265 g/mol. The van der Waals surface area contributed by atoms with Gasteiger partial charge in [-0.1, -0.05) is 0 Å². The van der Waals surface area contributed by atoms with Crippen LogP contribution in [-0.4, -0.2) is 30.9 Å². The van der Waals surface area contributed by atoms with Crippen molar-refractivity contribution in [3.63, 3.8) is 0 Å². The van der Waals surface area contributed by atoms with Gasteiger partial charge in [0.25, 0.3) is 11.5 Å². The summed E-state index contributed by atoms with van der Waals surface area (Å²) in [6.07, 6.45) is 2.22. The zero-order chi connectivity index (χ0) is 14.0. The number of anilines is 1. The molecule has 10 nitrogen and oxygen atoms in total. The lowest BCUT2D eigenvalue weighted by atomic mass is 10.3. The van der Waals surface area contributed by atoms with E-state index in [1.807, 2.05) is 4.98 Å². The Bertz CT molecular complexity index is 781. The fourth-order valence-electron chi connectivity index (χ4n) is 1.29. The number of carbonyl (C=O) groups is 1. The van der Waals surface area contributed by atoms with Crippen LogP contribution in [-0.2, 0) is 0 Å². The molecule has 5 N–H and O–H groups in total. The second kappa shape index (κ2) is 4.60. The maximum atomic E-state index is 11.7. The Balaban J connectivity index is 2.35. The van der Waals surface area contributed by atoms with Crippen molar-refractivity contribution < 1.29 is 9.90 Å². The first-order valence-electron chi connectivity index (χ1n) is 4.89. The lowest BCUT2D eigenvalue weighted by Gasteiger charge is -2.04. The van der Waals surface area contributed by atoms with Crippen molar-refractivity contribution >= 4 is 11.6 Å². The van der Waals surface area contributed by atoms with Crippen molar-refractivity contribution in [2.45, 2.75) is 0 Å². The van der Waals surface area contributed by atoms with Gasteiger partial charge < -0.3 is 15.4 Å². The van der Waals surface area contributed by atoms with E-state index >= 15 is 0 Å². The lowest BCUT2D eigenvalue weighted by molar-refractivity contribution is 0.102. The second-order valence-electron chi connectivity index (χ2n) is 3.39. The van der Waals surface area contributed by atoms with Crippen LogP contribution in [0.1, 0.15) is 10.4 Å². The highest BCUT2D eigenvalue weighted by molar-refractivity contribution is 6.05. The van der Waals surface area contributed by atoms with Gasteiger partial charge in [-0.3, -0.25) is 19.6 Å². The quantitative estimate of drug-likeness (QED) is 0.426. The van der Waals surface area contributed by atoms with Crippen molar-refractivity contribution in [3.8, 4) is 5.88 Å². The van der Waals surface area contributed by atoms with Crippen LogP contribution < -0.4 is 22.3 Å². The summed E-state index contributed by atoms with van der Waals surface area (Å²) < 4.78 is 0. The van der Waals surface area contributed by atoms with Gasteiger partial charge in [0.05, 0.1) is 11.9 Å². The highest BCUT2D eigenvalue weighted by atomic mass is 16.3. The normalized spacial score (nSPS) is 10.1. The zero-order valence-corrected chi connectivity index (χ0v) is 9.18. The van der Waals surface area contributed by atoms with Crippen molar-refractivity contribution in [3.05, 3.63) is 49.3 Å². The van der Waals surface area contributed by atoms with Crippen LogP contribution in [0.5, 0.6) is 5.88 Å². The van der Waals surface area contributed by atoms with Crippen molar-refractivity contribution in [1.29, 1.82) is 0 Å². The molecule has 2 rings (SSSR count). The predicted molar refractivity (Wildman–Crippen MR) is 62.2 cm³/mol. The fourth-order valence-corrected chi connectivity index (χ4v) is 1.29. The van der Waals surface area contributed by atoms with Crippen molar-refractivity contribution in [2.24, 2.45) is 0 Å². The number of carbonyl (C=O) groups excluding carboxylic acids is 1. The minimum Gasteiger partial charge on any atom is -0.494 e. The van der Waals surface area contributed by atoms with Crippen LogP contribution in [0.3, 0.4) is 0 Å². The molecule has 0 fully saturated rings. The molecule has 2 aromatic heterocycles. The van der Waals surface area contributed by atoms with E-state index in [-0.39, 0.29) is 5.69 Å². The molecule has 0 saturated heterocycles. The molecule has 1 amide bonds. The Kier molecular flexibility index (Phi) is 2.98. The van der Waals surface area contributed by atoms with Crippen LogP contribution in [0, 0.1) is 0 Å². The molecule has 0 aromatic carbocycles. The summed E-state index contributed by atoms with van der Waals surface area (Å²) in [5.41, 5.74) is -3.15. The van der Waals surface area contributed by atoms with Gasteiger partial charge in [-0.15, -0.1) is 0 Å². The fraction of sp³-hybridized carbons (Fsp3) is 0. The molecule has 10 heteroatoms. The first-order chi connectivity index (χ1) is 8.97. The van der Waals surface area contributed by atoms with E-state index in [0.717, 1.165) is 12.4 Å². The Hall–Kier alpha value is -3.17. The van der Waals surface area contributed by atoms with Gasteiger partial charge >= 0.3 is 11.4 Å². The smallest absolute Gasteiger partial charge is 0.345 e. The Morgan fingerprint density at radius 2 is 2.00 bits per heavy atom. The number of rotatable bonds is 2. The molecule has 98 valence electrons. The molecule has 19 heavy (non-hydrogen) atoms. The average Bonchev–Trinajstić information content (AvgIpc) is 2.30. The molecule has 0 radical (unpaired) electrons. The van der Waals surface area contributed by atoms with Gasteiger partial charge in [-0.2, -0.15) is 4.98 Å². The third-order valence-electron chi connectivity index (χ3n) is 2.08. The standard InChI is InChI=1S/C9H7N5O5/c15-5(12-3-1-10-8(18)11-2-3)4-6(16)13-9(19)14-7(4)17/h1-2H,(H,12,15)(H,10,11,18)(H3,13,14,16,17,19). The minimum absolute atomic E-state index is 0.106. The van der Waals surface area contributed by atoms with Gasteiger partial charge in [0, 0.05) is 6.20 Å². The molecule has 0 saturated carbocycles. The van der Waals surface area contributed by atoms with Crippen molar-refractivity contribution in [1.82, 2.24) is 19.9 Å². The molecular weight excluding hydrogens is 258 g/mol. The third kappa shape index (κ3) is 2.57. The highest BCUT2D eigenvalue weighted by Gasteiger charge is 2.17. The lowest BCUT2D eigenvalue weighted by Crippen LogP contribution is -2.30. The molecule has 0 aliphatic carbocycles. The monoisotopic (exact) mass is 265 g/mol. The molecule has 0 aliphatic heterocycles. The SMILES string of the molecule is O=C(Nc1cnc(=O)[nH]c1)c1c(O)[nH]c(=O)[nH]c1=O. The molecule has 2 aromatic rings. The van der Waals surface area contributed by atoms with Crippen LogP contribution in [0.25, 0.3) is 0 Å². The summed E-state index contributed by atoms with van der Waals surface area (Å²) in [6.45, 7) is 0. The van der Waals surface area contributed by atoms with E-state index in [9.17, 15) is 24.3 Å². The topological polar surface area (TPSA) is 161 Å². The third-order valence-corrected chi connectivity index (χ3v) is 2.08. The molecule has 0 unspecified atom stereocenters. The Morgan fingerprint density at radius 3 is 2.58 bits per heavy atom. The number of nitrogens with zero attached hydrogens (tertiary/aromatic N) is 1. The first-order valence-corrected chi connectivity index (χ1v) is 4.89. The molecule has 0 bridgehead atoms. The summed E-state index contributed by atoms with van der Waals surface area (Å²) >= 11 is 0. The van der Waals surface area contributed by atoms with Crippen LogP contribution in [0.2, 0.25) is 0 Å². The highest BCUT2D eigenvalue weighted by Crippen LogP contribution is 2.08. The first kappa shape index (κ1) is 12.3. The number of hydrogen-bond donors (Lipinski definition) is 5. The van der Waals surface area contributed by atoms with E-state index in [1.54, 1.807) is 4.98 Å². The van der Waals surface area contributed by atoms with Crippen LogP contribution >= 0.6 is 0 Å².